The van der Waals surface area contributed by atoms with Crippen molar-refractivity contribution in [2.24, 2.45) is 0 Å². The lowest BCUT2D eigenvalue weighted by Crippen LogP contribution is -2.20. The van der Waals surface area contributed by atoms with E-state index in [9.17, 15) is 9.59 Å². The molecule has 70 valence electrons. The van der Waals surface area contributed by atoms with Crippen molar-refractivity contribution in [1.82, 2.24) is 5.32 Å². The first-order valence-corrected chi connectivity index (χ1v) is 4.37. The lowest BCUT2D eigenvalue weighted by Gasteiger charge is -2.00. The van der Waals surface area contributed by atoms with Gasteiger partial charge >= 0.3 is 0 Å². The van der Waals surface area contributed by atoms with Crippen LogP contribution >= 0.6 is 0 Å². The standard InChI is InChI=1S/C9H17NO2/c1-8(11)6-4-3-5-7-10-9(2)12/h3-7H2,1-2H3,(H,10,12). The van der Waals surface area contributed by atoms with Gasteiger partial charge in [-0.3, -0.25) is 4.79 Å². The topological polar surface area (TPSA) is 46.2 Å². The van der Waals surface area contributed by atoms with E-state index in [1.165, 1.54) is 6.92 Å². The molecule has 0 spiro atoms. The molecule has 0 aromatic heterocycles. The summed E-state index contributed by atoms with van der Waals surface area (Å²) in [5.41, 5.74) is 0. The van der Waals surface area contributed by atoms with E-state index in [1.807, 2.05) is 0 Å². The average molecular weight is 171 g/mol. The van der Waals surface area contributed by atoms with Crippen molar-refractivity contribution in [3.05, 3.63) is 0 Å². The molecule has 0 radical (unpaired) electrons. The largest absolute Gasteiger partial charge is 0.356 e. The molecule has 0 saturated heterocycles. The van der Waals surface area contributed by atoms with E-state index < -0.39 is 0 Å². The molecule has 0 unspecified atom stereocenters. The van der Waals surface area contributed by atoms with Gasteiger partial charge in [-0.15, -0.1) is 0 Å². The minimum absolute atomic E-state index is 0.0153. The van der Waals surface area contributed by atoms with Crippen LogP contribution in [-0.2, 0) is 9.59 Å². The van der Waals surface area contributed by atoms with Crippen molar-refractivity contribution < 1.29 is 9.59 Å². The van der Waals surface area contributed by atoms with Crippen LogP contribution in [0.1, 0.15) is 39.5 Å². The summed E-state index contributed by atoms with van der Waals surface area (Å²) in [6, 6.07) is 0. The van der Waals surface area contributed by atoms with Crippen molar-refractivity contribution in [1.29, 1.82) is 0 Å². The maximum atomic E-state index is 10.5. The van der Waals surface area contributed by atoms with Crippen LogP contribution in [0.3, 0.4) is 0 Å². The predicted octanol–water partition coefficient (Wildman–Crippen LogP) is 1.27. The summed E-state index contributed by atoms with van der Waals surface area (Å²) in [6.45, 7) is 3.84. The number of amides is 1. The molecule has 3 nitrogen and oxygen atoms in total. The Balaban J connectivity index is 3.01. The second-order valence-corrected chi connectivity index (χ2v) is 3.00. The molecule has 0 saturated carbocycles. The molecule has 0 aromatic rings. The number of hydrogen-bond acceptors (Lipinski definition) is 2. The molecular weight excluding hydrogens is 154 g/mol. The number of Topliss-reactive ketones (excluding diaryl/α,β-unsaturated/α-hetero) is 1. The van der Waals surface area contributed by atoms with E-state index in [-0.39, 0.29) is 11.7 Å². The van der Waals surface area contributed by atoms with Crippen LogP contribution in [-0.4, -0.2) is 18.2 Å². The zero-order valence-electron chi connectivity index (χ0n) is 7.85. The van der Waals surface area contributed by atoms with Crippen molar-refractivity contribution in [2.75, 3.05) is 6.54 Å². The van der Waals surface area contributed by atoms with Crippen LogP contribution in [0, 0.1) is 0 Å². The van der Waals surface area contributed by atoms with Crippen LogP contribution in [0.15, 0.2) is 0 Å². The highest BCUT2D eigenvalue weighted by atomic mass is 16.1. The maximum Gasteiger partial charge on any atom is 0.216 e. The Morgan fingerprint density at radius 1 is 1.08 bits per heavy atom. The first-order chi connectivity index (χ1) is 5.63. The molecule has 1 amide bonds. The Bertz CT molecular complexity index is 137. The number of hydrogen-bond donors (Lipinski definition) is 1. The Morgan fingerprint density at radius 3 is 2.25 bits per heavy atom. The molecular formula is C9H17NO2. The summed E-state index contributed by atoms with van der Waals surface area (Å²) in [4.78, 5) is 20.9. The van der Waals surface area contributed by atoms with Gasteiger partial charge in [-0.2, -0.15) is 0 Å². The molecule has 0 aliphatic heterocycles. The number of rotatable bonds is 6. The lowest BCUT2D eigenvalue weighted by atomic mass is 10.1. The highest BCUT2D eigenvalue weighted by Gasteiger charge is 1.94. The van der Waals surface area contributed by atoms with Gasteiger partial charge in [0, 0.05) is 19.9 Å². The summed E-state index contributed by atoms with van der Waals surface area (Å²) in [6.07, 6.45) is 3.59. The molecule has 0 bridgehead atoms. The predicted molar refractivity (Wildman–Crippen MR) is 47.8 cm³/mol. The first-order valence-electron chi connectivity index (χ1n) is 4.37. The molecule has 0 heterocycles. The quantitative estimate of drug-likeness (QED) is 0.612. The monoisotopic (exact) mass is 171 g/mol. The van der Waals surface area contributed by atoms with E-state index in [0.29, 0.717) is 6.42 Å². The second kappa shape index (κ2) is 6.83. The van der Waals surface area contributed by atoms with Gasteiger partial charge in [0.25, 0.3) is 0 Å². The molecule has 3 heteroatoms. The molecule has 0 fully saturated rings. The number of carbonyl (C=O) groups excluding carboxylic acids is 2. The van der Waals surface area contributed by atoms with Crippen LogP contribution in [0.5, 0.6) is 0 Å². The fourth-order valence-electron chi connectivity index (χ4n) is 0.940. The number of unbranched alkanes of at least 4 members (excludes halogenated alkanes) is 2. The summed E-state index contributed by atoms with van der Waals surface area (Å²) < 4.78 is 0. The van der Waals surface area contributed by atoms with E-state index in [0.717, 1.165) is 25.8 Å². The summed E-state index contributed by atoms with van der Waals surface area (Å²) in [7, 11) is 0. The van der Waals surface area contributed by atoms with Crippen molar-refractivity contribution in [3.63, 3.8) is 0 Å². The minimum Gasteiger partial charge on any atom is -0.356 e. The maximum absolute atomic E-state index is 10.5. The Kier molecular flexibility index (Phi) is 6.34. The summed E-state index contributed by atoms with van der Waals surface area (Å²) >= 11 is 0. The molecule has 0 aromatic carbocycles. The molecule has 0 rings (SSSR count). The summed E-state index contributed by atoms with van der Waals surface area (Å²) in [5, 5.41) is 2.71. The van der Waals surface area contributed by atoms with Gasteiger partial charge in [0.05, 0.1) is 0 Å². The molecule has 1 N–H and O–H groups in total. The number of ketones is 1. The zero-order chi connectivity index (χ0) is 9.40. The summed E-state index contributed by atoms with van der Waals surface area (Å²) in [5.74, 6) is 0.260. The normalized spacial score (nSPS) is 9.50. The Morgan fingerprint density at radius 2 is 1.75 bits per heavy atom. The van der Waals surface area contributed by atoms with Crippen LogP contribution < -0.4 is 5.32 Å². The fourth-order valence-corrected chi connectivity index (χ4v) is 0.940. The fraction of sp³-hybridized carbons (Fsp3) is 0.778. The number of nitrogens with one attached hydrogen (secondary N) is 1. The second-order valence-electron chi connectivity index (χ2n) is 3.00. The third-order valence-electron chi connectivity index (χ3n) is 1.58. The van der Waals surface area contributed by atoms with E-state index >= 15 is 0 Å². The zero-order valence-corrected chi connectivity index (χ0v) is 7.85. The van der Waals surface area contributed by atoms with Crippen molar-refractivity contribution in [2.45, 2.75) is 39.5 Å². The first kappa shape index (κ1) is 11.1. The van der Waals surface area contributed by atoms with Crippen LogP contribution in [0.4, 0.5) is 0 Å². The highest BCUT2D eigenvalue weighted by Crippen LogP contribution is 1.98. The molecule has 12 heavy (non-hydrogen) atoms. The van der Waals surface area contributed by atoms with E-state index in [4.69, 9.17) is 0 Å². The van der Waals surface area contributed by atoms with Gasteiger partial charge < -0.3 is 10.1 Å². The van der Waals surface area contributed by atoms with Gasteiger partial charge in [0.15, 0.2) is 0 Å². The molecule has 0 aliphatic rings. The SMILES string of the molecule is CC(=O)CCCCCNC(C)=O. The minimum atomic E-state index is 0.0153. The Hall–Kier alpha value is -0.860. The lowest BCUT2D eigenvalue weighted by molar-refractivity contribution is -0.119. The Labute approximate surface area is 73.5 Å². The third kappa shape index (κ3) is 9.14. The van der Waals surface area contributed by atoms with Gasteiger partial charge in [-0.1, -0.05) is 6.42 Å². The van der Waals surface area contributed by atoms with Crippen molar-refractivity contribution in [3.8, 4) is 0 Å². The van der Waals surface area contributed by atoms with Gasteiger partial charge in [0.1, 0.15) is 5.78 Å². The van der Waals surface area contributed by atoms with Gasteiger partial charge in [-0.05, 0) is 19.8 Å². The smallest absolute Gasteiger partial charge is 0.216 e. The van der Waals surface area contributed by atoms with E-state index in [2.05, 4.69) is 5.32 Å². The molecule has 0 atom stereocenters. The van der Waals surface area contributed by atoms with Gasteiger partial charge in [0.2, 0.25) is 5.91 Å². The average Bonchev–Trinajstić information content (AvgIpc) is 1.95. The van der Waals surface area contributed by atoms with Crippen LogP contribution in [0.25, 0.3) is 0 Å². The molecule has 0 aliphatic carbocycles. The van der Waals surface area contributed by atoms with E-state index in [1.54, 1.807) is 6.92 Å². The van der Waals surface area contributed by atoms with Gasteiger partial charge in [-0.25, -0.2) is 0 Å². The third-order valence-corrected chi connectivity index (χ3v) is 1.58. The number of carbonyl (C=O) groups is 2. The highest BCUT2D eigenvalue weighted by molar-refractivity contribution is 5.75. The van der Waals surface area contributed by atoms with Crippen LogP contribution in [0.2, 0.25) is 0 Å². The van der Waals surface area contributed by atoms with Crippen molar-refractivity contribution >= 4 is 11.7 Å².